The highest BCUT2D eigenvalue weighted by Crippen LogP contribution is 2.39. The molecular formula is C30H35FN2O4S. The molecule has 2 N–H and O–H groups in total. The summed E-state index contributed by atoms with van der Waals surface area (Å²) in [5, 5.41) is 13.7. The van der Waals surface area contributed by atoms with Crippen LogP contribution in [0.15, 0.2) is 40.5 Å². The number of likely N-dealkylation sites (N-methyl/N-ethyl adjacent to an activating group) is 1. The van der Waals surface area contributed by atoms with Crippen LogP contribution < -0.4 is 5.56 Å². The van der Waals surface area contributed by atoms with Gasteiger partial charge in [-0.25, -0.2) is 9.18 Å². The standard InChI is InChI=1S/C30H35FN2O4S/c1-16(2)22(14-33(7)29(36)37-30(4,5)6)20-9-8-18(13-23(20)31)24-19(15-34)12-17(3)26-25(24)21-10-11-38-27(21)28(35)32-26/h8-13,16,22,34H,14-15H2,1-7H3,(H,32,35). The maximum absolute atomic E-state index is 15.8. The Bertz CT molecular complexity index is 1560. The van der Waals surface area contributed by atoms with Crippen molar-refractivity contribution in [2.24, 2.45) is 5.92 Å². The average Bonchev–Trinajstić information content (AvgIpc) is 3.32. The van der Waals surface area contributed by atoms with Gasteiger partial charge in [-0.1, -0.05) is 32.0 Å². The van der Waals surface area contributed by atoms with Crippen LogP contribution in [0.3, 0.4) is 0 Å². The van der Waals surface area contributed by atoms with Gasteiger partial charge in [0.2, 0.25) is 0 Å². The quantitative estimate of drug-likeness (QED) is 0.278. The van der Waals surface area contributed by atoms with Gasteiger partial charge in [-0.05, 0) is 78.9 Å². The fourth-order valence-corrected chi connectivity index (χ4v) is 5.78. The number of nitrogens with one attached hydrogen (secondary N) is 1. The molecule has 4 rings (SSSR count). The first-order valence-electron chi connectivity index (χ1n) is 12.7. The zero-order valence-corrected chi connectivity index (χ0v) is 23.8. The van der Waals surface area contributed by atoms with Crippen LogP contribution in [0.5, 0.6) is 0 Å². The number of aliphatic hydroxyl groups excluding tert-OH is 1. The van der Waals surface area contributed by atoms with E-state index in [2.05, 4.69) is 4.98 Å². The largest absolute Gasteiger partial charge is 0.444 e. The van der Waals surface area contributed by atoms with E-state index < -0.39 is 11.7 Å². The number of hydrogen-bond acceptors (Lipinski definition) is 5. The minimum Gasteiger partial charge on any atom is -0.444 e. The van der Waals surface area contributed by atoms with Crippen LogP contribution in [0.2, 0.25) is 0 Å². The summed E-state index contributed by atoms with van der Waals surface area (Å²) < 4.78 is 21.9. The lowest BCUT2D eigenvalue weighted by molar-refractivity contribution is 0.0280. The normalized spacial score (nSPS) is 12.9. The van der Waals surface area contributed by atoms with E-state index in [0.717, 1.165) is 16.3 Å². The van der Waals surface area contributed by atoms with E-state index in [-0.39, 0.29) is 29.8 Å². The first-order chi connectivity index (χ1) is 17.8. The Labute approximate surface area is 226 Å². The molecule has 38 heavy (non-hydrogen) atoms. The Kier molecular flexibility index (Phi) is 7.68. The summed E-state index contributed by atoms with van der Waals surface area (Å²) in [4.78, 5) is 29.7. The molecule has 0 fully saturated rings. The number of hydrogen-bond donors (Lipinski definition) is 2. The van der Waals surface area contributed by atoms with Crippen molar-refractivity contribution in [3.63, 3.8) is 0 Å². The van der Waals surface area contributed by atoms with Crippen molar-refractivity contribution < 1.29 is 19.0 Å². The molecule has 1 unspecified atom stereocenters. The summed E-state index contributed by atoms with van der Waals surface area (Å²) in [5.74, 6) is -0.583. The number of nitrogens with zero attached hydrogens (tertiary/aromatic N) is 1. The number of fused-ring (bicyclic) bond motifs is 3. The van der Waals surface area contributed by atoms with E-state index in [0.29, 0.717) is 39.0 Å². The van der Waals surface area contributed by atoms with Crippen molar-refractivity contribution in [2.75, 3.05) is 13.6 Å². The molecule has 0 radical (unpaired) electrons. The van der Waals surface area contributed by atoms with Gasteiger partial charge >= 0.3 is 6.09 Å². The molecule has 1 atom stereocenters. The number of H-pyrrole nitrogens is 1. The first kappa shape index (κ1) is 27.8. The van der Waals surface area contributed by atoms with E-state index >= 15 is 4.39 Å². The van der Waals surface area contributed by atoms with Crippen molar-refractivity contribution in [2.45, 2.75) is 59.7 Å². The molecule has 0 saturated carbocycles. The van der Waals surface area contributed by atoms with Crippen molar-refractivity contribution in [3.05, 3.63) is 68.6 Å². The van der Waals surface area contributed by atoms with Gasteiger partial charge in [0.05, 0.1) is 12.1 Å². The smallest absolute Gasteiger partial charge is 0.410 e. The average molecular weight is 539 g/mol. The second-order valence-electron chi connectivity index (χ2n) is 11.2. The molecule has 202 valence electrons. The van der Waals surface area contributed by atoms with Gasteiger partial charge in [0, 0.05) is 30.3 Å². The lowest BCUT2D eigenvalue weighted by Crippen LogP contribution is -2.37. The molecule has 6 nitrogen and oxygen atoms in total. The maximum Gasteiger partial charge on any atom is 0.410 e. The maximum atomic E-state index is 15.8. The minimum absolute atomic E-state index is 0.0592. The number of carbonyl (C=O) groups is 1. The molecule has 2 aromatic heterocycles. The van der Waals surface area contributed by atoms with Crippen molar-refractivity contribution in [1.82, 2.24) is 9.88 Å². The summed E-state index contributed by atoms with van der Waals surface area (Å²) >= 11 is 1.35. The summed E-state index contributed by atoms with van der Waals surface area (Å²) in [6.45, 7) is 11.4. The summed E-state index contributed by atoms with van der Waals surface area (Å²) in [6, 6.07) is 8.85. The number of halogens is 1. The van der Waals surface area contributed by atoms with Crippen LogP contribution >= 0.6 is 11.3 Å². The van der Waals surface area contributed by atoms with Crippen LogP contribution in [0.25, 0.3) is 32.1 Å². The fraction of sp³-hybridized carbons (Fsp3) is 0.400. The molecule has 0 aliphatic rings. The van der Waals surface area contributed by atoms with Crippen LogP contribution in [-0.2, 0) is 11.3 Å². The minimum atomic E-state index is -0.620. The van der Waals surface area contributed by atoms with Gasteiger partial charge in [0.15, 0.2) is 0 Å². The summed E-state index contributed by atoms with van der Waals surface area (Å²) in [7, 11) is 1.66. The third kappa shape index (κ3) is 5.33. The van der Waals surface area contributed by atoms with E-state index in [1.807, 2.05) is 65.1 Å². The molecule has 0 aliphatic heterocycles. The van der Waals surface area contributed by atoms with E-state index in [4.69, 9.17) is 4.74 Å². The molecule has 0 aliphatic carbocycles. The lowest BCUT2D eigenvalue weighted by atomic mass is 9.85. The molecule has 0 saturated heterocycles. The number of benzene rings is 2. The van der Waals surface area contributed by atoms with Crippen LogP contribution in [0, 0.1) is 18.7 Å². The van der Waals surface area contributed by atoms with E-state index in [1.54, 1.807) is 13.1 Å². The molecule has 2 aromatic carbocycles. The number of ether oxygens (including phenoxy) is 1. The second-order valence-corrected chi connectivity index (χ2v) is 12.1. The van der Waals surface area contributed by atoms with Gasteiger partial charge in [0.25, 0.3) is 5.56 Å². The molecule has 0 spiro atoms. The predicted octanol–water partition coefficient (Wildman–Crippen LogP) is 6.96. The monoisotopic (exact) mass is 538 g/mol. The number of aromatic nitrogens is 1. The highest BCUT2D eigenvalue weighted by Gasteiger charge is 2.27. The van der Waals surface area contributed by atoms with Gasteiger partial charge in [-0.15, -0.1) is 11.3 Å². The number of aryl methyl sites for hydroxylation is 1. The van der Waals surface area contributed by atoms with Crippen LogP contribution in [0.4, 0.5) is 9.18 Å². The zero-order valence-electron chi connectivity index (χ0n) is 22.9. The predicted molar refractivity (Wildman–Crippen MR) is 152 cm³/mol. The lowest BCUT2D eigenvalue weighted by Gasteiger charge is -2.30. The second kappa shape index (κ2) is 10.5. The van der Waals surface area contributed by atoms with Gasteiger partial charge in [0.1, 0.15) is 16.1 Å². The molecule has 1 amide bonds. The SMILES string of the molecule is Cc1cc(CO)c(-c2ccc(C(CN(C)C(=O)OC(C)(C)C)C(C)C)c(F)c2)c2c1[nH]c(=O)c1sccc12. The number of rotatable bonds is 6. The molecular weight excluding hydrogens is 503 g/mol. The molecule has 8 heteroatoms. The zero-order chi connectivity index (χ0) is 27.9. The van der Waals surface area contributed by atoms with Gasteiger partial charge in [-0.2, -0.15) is 0 Å². The molecule has 0 bridgehead atoms. The molecule has 2 heterocycles. The fourth-order valence-electron chi connectivity index (χ4n) is 4.99. The highest BCUT2D eigenvalue weighted by molar-refractivity contribution is 7.17. The van der Waals surface area contributed by atoms with Gasteiger partial charge < -0.3 is 19.7 Å². The van der Waals surface area contributed by atoms with Crippen molar-refractivity contribution in [1.29, 1.82) is 0 Å². The number of aliphatic hydroxyl groups is 1. The van der Waals surface area contributed by atoms with Crippen molar-refractivity contribution >= 4 is 38.4 Å². The Morgan fingerprint density at radius 2 is 1.92 bits per heavy atom. The Morgan fingerprint density at radius 3 is 2.53 bits per heavy atom. The Hall–Kier alpha value is -3.23. The van der Waals surface area contributed by atoms with E-state index in [1.165, 1.54) is 22.3 Å². The third-order valence-corrected chi connectivity index (χ3v) is 7.74. The molecule has 4 aromatic rings. The van der Waals surface area contributed by atoms with Crippen molar-refractivity contribution in [3.8, 4) is 11.1 Å². The van der Waals surface area contributed by atoms with E-state index in [9.17, 15) is 14.7 Å². The Morgan fingerprint density at radius 1 is 1.21 bits per heavy atom. The Balaban J connectivity index is 1.82. The van der Waals surface area contributed by atoms with Crippen LogP contribution in [0.1, 0.15) is 57.2 Å². The third-order valence-electron chi connectivity index (χ3n) is 6.82. The van der Waals surface area contributed by atoms with Crippen LogP contribution in [-0.4, -0.2) is 40.3 Å². The number of pyridine rings is 1. The summed E-state index contributed by atoms with van der Waals surface area (Å²) in [6.07, 6.45) is -0.451. The summed E-state index contributed by atoms with van der Waals surface area (Å²) in [5.41, 5.74) is 3.21. The first-order valence-corrected chi connectivity index (χ1v) is 13.6. The number of amides is 1. The number of carbonyl (C=O) groups excluding carboxylic acids is 1. The number of thiophene rings is 1. The number of aromatic amines is 1. The topological polar surface area (TPSA) is 82.6 Å². The highest BCUT2D eigenvalue weighted by atomic mass is 32.1. The van der Waals surface area contributed by atoms with Gasteiger partial charge in [-0.3, -0.25) is 4.79 Å².